The molecule has 4 aromatic heterocycles. The smallest absolute Gasteiger partial charge is 0.228 e. The van der Waals surface area contributed by atoms with Gasteiger partial charge in [-0.2, -0.15) is 15.1 Å². The van der Waals surface area contributed by atoms with Gasteiger partial charge >= 0.3 is 0 Å². The Kier molecular flexibility index (Phi) is 4.49. The summed E-state index contributed by atoms with van der Waals surface area (Å²) in [5.74, 6) is 1.28. The Morgan fingerprint density at radius 3 is 2.85 bits per heavy atom. The number of likely N-dealkylation sites (tertiary alicyclic amines) is 1. The minimum absolute atomic E-state index is 0.160. The summed E-state index contributed by atoms with van der Waals surface area (Å²) in [5, 5.41) is 8.43. The topological polar surface area (TPSA) is 113 Å². The van der Waals surface area contributed by atoms with Crippen LogP contribution in [0.3, 0.4) is 0 Å². The van der Waals surface area contributed by atoms with Crippen molar-refractivity contribution in [1.82, 2.24) is 34.4 Å². The molecule has 1 aliphatic carbocycles. The Labute approximate surface area is 190 Å². The number of nitrogens with one attached hydrogen (secondary N) is 2. The van der Waals surface area contributed by atoms with Crippen LogP contribution in [0.2, 0.25) is 0 Å². The number of carbonyl (C=O) groups is 1. The van der Waals surface area contributed by atoms with Gasteiger partial charge in [-0.05, 0) is 37.8 Å². The molecule has 2 fully saturated rings. The molecule has 0 aromatic carbocycles. The van der Waals surface area contributed by atoms with Gasteiger partial charge in [-0.15, -0.1) is 0 Å². The summed E-state index contributed by atoms with van der Waals surface area (Å²) in [6.07, 6.45) is 9.13. The maximum Gasteiger partial charge on any atom is 0.228 e. The number of hydrogen-bond donors (Lipinski definition) is 2. The minimum Gasteiger partial charge on any atom is -0.480 e. The van der Waals surface area contributed by atoms with Gasteiger partial charge in [0.2, 0.25) is 17.7 Å². The van der Waals surface area contributed by atoms with E-state index < -0.39 is 0 Å². The van der Waals surface area contributed by atoms with Crippen LogP contribution in [0, 0.1) is 5.41 Å². The number of methoxy groups -OCH3 is 1. The highest BCUT2D eigenvalue weighted by atomic mass is 16.5. The number of carbonyl (C=O) groups excluding carboxylic acids is 1. The largest absolute Gasteiger partial charge is 0.480 e. The second kappa shape index (κ2) is 7.43. The van der Waals surface area contributed by atoms with Crippen LogP contribution in [-0.2, 0) is 4.79 Å². The Morgan fingerprint density at radius 1 is 1.24 bits per heavy atom. The number of aromatic amines is 1. The number of hydrogen-bond acceptors (Lipinski definition) is 7. The van der Waals surface area contributed by atoms with E-state index in [0.717, 1.165) is 60.9 Å². The van der Waals surface area contributed by atoms with E-state index in [0.29, 0.717) is 17.5 Å². The molecule has 1 saturated heterocycles. The molecule has 6 rings (SSSR count). The van der Waals surface area contributed by atoms with Gasteiger partial charge < -0.3 is 19.9 Å². The molecule has 0 bridgehead atoms. The molecule has 1 aliphatic heterocycles. The zero-order chi connectivity index (χ0) is 22.6. The van der Waals surface area contributed by atoms with Crippen molar-refractivity contribution in [3.05, 3.63) is 30.9 Å². The lowest BCUT2D eigenvalue weighted by Crippen LogP contribution is -2.53. The monoisotopic (exact) mass is 446 g/mol. The summed E-state index contributed by atoms with van der Waals surface area (Å²) >= 11 is 0. The van der Waals surface area contributed by atoms with Gasteiger partial charge in [0.25, 0.3) is 0 Å². The molecule has 1 saturated carbocycles. The van der Waals surface area contributed by atoms with Gasteiger partial charge in [0.1, 0.15) is 12.0 Å². The number of pyridine rings is 1. The predicted molar refractivity (Wildman–Crippen MR) is 123 cm³/mol. The number of aromatic nitrogens is 6. The molecule has 2 aliphatic rings. The van der Waals surface area contributed by atoms with Crippen LogP contribution in [0.1, 0.15) is 32.6 Å². The highest BCUT2D eigenvalue weighted by Crippen LogP contribution is 2.44. The molecule has 5 heterocycles. The van der Waals surface area contributed by atoms with Crippen molar-refractivity contribution < 1.29 is 9.53 Å². The number of ether oxygens (including phenoxy) is 1. The molecule has 0 spiro atoms. The Hall–Kier alpha value is -3.69. The van der Waals surface area contributed by atoms with Crippen molar-refractivity contribution in [2.45, 2.75) is 38.6 Å². The van der Waals surface area contributed by atoms with E-state index in [9.17, 15) is 4.79 Å². The minimum atomic E-state index is -0.296. The third-order valence-corrected chi connectivity index (χ3v) is 6.91. The Morgan fingerprint density at radius 2 is 2.06 bits per heavy atom. The molecular weight excluding hydrogens is 420 g/mol. The summed E-state index contributed by atoms with van der Waals surface area (Å²) in [4.78, 5) is 31.6. The van der Waals surface area contributed by atoms with Crippen molar-refractivity contribution in [2.24, 2.45) is 5.41 Å². The molecule has 0 atom stereocenters. The molecule has 10 heteroatoms. The van der Waals surface area contributed by atoms with Gasteiger partial charge in [0, 0.05) is 42.7 Å². The molecule has 33 heavy (non-hydrogen) atoms. The number of anilines is 1. The fraction of sp³-hybridized carbons (Fsp3) is 0.435. The second-order valence-corrected chi connectivity index (χ2v) is 9.27. The van der Waals surface area contributed by atoms with Crippen molar-refractivity contribution in [3.63, 3.8) is 0 Å². The van der Waals surface area contributed by atoms with E-state index in [1.807, 2.05) is 29.4 Å². The summed E-state index contributed by atoms with van der Waals surface area (Å²) in [7, 11) is 1.61. The van der Waals surface area contributed by atoms with E-state index in [-0.39, 0.29) is 17.4 Å². The lowest BCUT2D eigenvalue weighted by atomic mass is 9.66. The first-order chi connectivity index (χ1) is 16.0. The fourth-order valence-corrected chi connectivity index (χ4v) is 5.21. The highest BCUT2D eigenvalue weighted by molar-refractivity contribution is 5.97. The van der Waals surface area contributed by atoms with Crippen LogP contribution in [0.4, 0.5) is 5.95 Å². The molecule has 170 valence electrons. The molecule has 10 nitrogen and oxygen atoms in total. The van der Waals surface area contributed by atoms with Crippen LogP contribution < -0.4 is 10.1 Å². The summed E-state index contributed by atoms with van der Waals surface area (Å²) < 4.78 is 7.36. The number of fused-ring (bicyclic) bond motifs is 2. The van der Waals surface area contributed by atoms with Gasteiger partial charge in [-0.25, -0.2) is 9.50 Å². The Balaban J connectivity index is 1.24. The van der Waals surface area contributed by atoms with Crippen LogP contribution in [0.25, 0.3) is 27.8 Å². The lowest BCUT2D eigenvalue weighted by Gasteiger charge is -2.45. The second-order valence-electron chi connectivity index (χ2n) is 9.27. The summed E-state index contributed by atoms with van der Waals surface area (Å²) in [5.41, 5.74) is 3.06. The maximum atomic E-state index is 12.9. The zero-order valence-electron chi connectivity index (χ0n) is 18.7. The lowest BCUT2D eigenvalue weighted by molar-refractivity contribution is -0.145. The van der Waals surface area contributed by atoms with E-state index in [2.05, 4.69) is 37.3 Å². The van der Waals surface area contributed by atoms with Gasteiger partial charge in [-0.3, -0.25) is 4.79 Å². The third-order valence-electron chi connectivity index (χ3n) is 6.91. The predicted octanol–water partition coefficient (Wildman–Crippen LogP) is 2.88. The quantitative estimate of drug-likeness (QED) is 0.485. The molecule has 0 radical (unpaired) electrons. The number of amides is 1. The molecule has 2 N–H and O–H groups in total. The van der Waals surface area contributed by atoms with Crippen LogP contribution in [0.15, 0.2) is 30.9 Å². The average molecular weight is 447 g/mol. The summed E-state index contributed by atoms with van der Waals surface area (Å²) in [6.45, 7) is 3.85. The number of nitrogens with zero attached hydrogens (tertiary/aromatic N) is 6. The molecule has 0 unspecified atom stereocenters. The van der Waals surface area contributed by atoms with E-state index >= 15 is 0 Å². The molecular formula is C23H26N8O2. The Bertz CT molecular complexity index is 1350. The van der Waals surface area contributed by atoms with E-state index in [1.165, 1.54) is 6.33 Å². The fourth-order valence-electron chi connectivity index (χ4n) is 5.21. The molecule has 1 amide bonds. The first-order valence-electron chi connectivity index (χ1n) is 11.3. The SMILES string of the molecule is COc1nc(N[C@H]2C[C@](C)(C(=O)N3CCCC3)C2)nc2[nH]cc(-c3ccc4ncnn4c3)c12. The van der Waals surface area contributed by atoms with Crippen LogP contribution in [-0.4, -0.2) is 66.6 Å². The standard InChI is InChI=1S/C23H26N8O2/c1-23(21(32)30-7-3-4-8-30)9-15(10-23)27-22-28-19-18(20(29-22)33-2)16(11-24-19)14-5-6-17-25-13-26-31(17)12-14/h5-6,11-13,15H,3-4,7-10H2,1-2H3,(H2,24,27,28,29)/t15-,23-. The van der Waals surface area contributed by atoms with Gasteiger partial charge in [-0.1, -0.05) is 6.92 Å². The maximum absolute atomic E-state index is 12.9. The van der Waals surface area contributed by atoms with Crippen LogP contribution in [0.5, 0.6) is 5.88 Å². The first-order valence-corrected chi connectivity index (χ1v) is 11.3. The number of rotatable bonds is 5. The number of H-pyrrole nitrogens is 1. The van der Waals surface area contributed by atoms with E-state index in [1.54, 1.807) is 11.6 Å². The van der Waals surface area contributed by atoms with Crippen molar-refractivity contribution >= 4 is 28.5 Å². The van der Waals surface area contributed by atoms with Crippen molar-refractivity contribution in [1.29, 1.82) is 0 Å². The van der Waals surface area contributed by atoms with Crippen LogP contribution >= 0.6 is 0 Å². The first kappa shape index (κ1) is 20.0. The normalized spacial score (nSPS) is 22.6. The van der Waals surface area contributed by atoms with Gasteiger partial charge in [0.15, 0.2) is 5.65 Å². The highest BCUT2D eigenvalue weighted by Gasteiger charge is 2.48. The van der Waals surface area contributed by atoms with Crippen molar-refractivity contribution in [2.75, 3.05) is 25.5 Å². The zero-order valence-corrected chi connectivity index (χ0v) is 18.7. The van der Waals surface area contributed by atoms with Gasteiger partial charge in [0.05, 0.1) is 17.9 Å². The third kappa shape index (κ3) is 3.28. The van der Waals surface area contributed by atoms with E-state index in [4.69, 9.17) is 4.74 Å². The average Bonchev–Trinajstić information content (AvgIpc) is 3.56. The summed E-state index contributed by atoms with van der Waals surface area (Å²) in [6, 6.07) is 4.07. The molecule has 4 aromatic rings. The van der Waals surface area contributed by atoms with Crippen molar-refractivity contribution in [3.8, 4) is 17.0 Å².